The fraction of sp³-hybridized carbons (Fsp3) is 0.529. The summed E-state index contributed by atoms with van der Waals surface area (Å²) in [6.45, 7) is 9.48. The fourth-order valence-corrected chi connectivity index (χ4v) is 4.10. The van der Waals surface area contributed by atoms with Gasteiger partial charge in [0, 0.05) is 23.9 Å². The van der Waals surface area contributed by atoms with Crippen LogP contribution in [0.5, 0.6) is 0 Å². The molecule has 2 aromatic rings. The minimum Gasteiger partial charge on any atom is -0.466 e. The second kappa shape index (κ2) is 5.88. The van der Waals surface area contributed by atoms with E-state index in [9.17, 15) is 4.79 Å². The third-order valence-corrected chi connectivity index (χ3v) is 5.61. The van der Waals surface area contributed by atoms with Gasteiger partial charge in [0.2, 0.25) is 0 Å². The number of nitrogens with zero attached hydrogens (tertiary/aromatic N) is 2. The zero-order valence-corrected chi connectivity index (χ0v) is 14.4. The summed E-state index contributed by atoms with van der Waals surface area (Å²) in [4.78, 5) is 20.6. The molecule has 0 bridgehead atoms. The van der Waals surface area contributed by atoms with E-state index in [0.717, 1.165) is 37.4 Å². The predicted octanol–water partition coefficient (Wildman–Crippen LogP) is 3.99. The van der Waals surface area contributed by atoms with Crippen LogP contribution in [0.4, 0.5) is 0 Å². The lowest BCUT2D eigenvalue weighted by Crippen LogP contribution is -2.39. The lowest BCUT2D eigenvalue weighted by Gasteiger charge is -2.31. The number of carbonyl (C=O) groups excluding carboxylic acids is 1. The highest BCUT2D eigenvalue weighted by Crippen LogP contribution is 2.32. The molecular formula is C17H22N2O2S. The third-order valence-electron chi connectivity index (χ3n) is 4.37. The normalized spacial score (nSPS) is 18.7. The molecule has 1 saturated heterocycles. The van der Waals surface area contributed by atoms with Crippen LogP contribution in [0.2, 0.25) is 0 Å². The lowest BCUT2D eigenvalue weighted by atomic mass is 9.98. The quantitative estimate of drug-likeness (QED) is 0.841. The molecule has 1 atom stereocenters. The molecule has 0 saturated carbocycles. The highest BCUT2D eigenvalue weighted by molar-refractivity contribution is 7.11. The van der Waals surface area contributed by atoms with Crippen molar-refractivity contribution >= 4 is 17.2 Å². The van der Waals surface area contributed by atoms with Gasteiger partial charge < -0.3 is 9.32 Å². The fourth-order valence-electron chi connectivity index (χ4n) is 3.05. The van der Waals surface area contributed by atoms with Gasteiger partial charge in [-0.2, -0.15) is 0 Å². The van der Waals surface area contributed by atoms with Crippen LogP contribution in [0, 0.1) is 27.7 Å². The molecule has 0 aromatic carbocycles. The maximum Gasteiger partial charge on any atom is 0.257 e. The monoisotopic (exact) mass is 318 g/mol. The van der Waals surface area contributed by atoms with Crippen molar-refractivity contribution in [2.24, 2.45) is 0 Å². The van der Waals surface area contributed by atoms with Gasteiger partial charge in [-0.05, 0) is 46.6 Å². The number of rotatable bonds is 2. The number of aromatic nitrogens is 1. The van der Waals surface area contributed by atoms with Gasteiger partial charge >= 0.3 is 0 Å². The largest absolute Gasteiger partial charge is 0.466 e. The summed E-state index contributed by atoms with van der Waals surface area (Å²) < 4.78 is 5.50. The molecule has 3 rings (SSSR count). The molecule has 22 heavy (non-hydrogen) atoms. The third kappa shape index (κ3) is 2.82. The van der Waals surface area contributed by atoms with Crippen molar-refractivity contribution in [1.82, 2.24) is 9.88 Å². The zero-order valence-electron chi connectivity index (χ0n) is 13.6. The van der Waals surface area contributed by atoms with Gasteiger partial charge in [-0.15, -0.1) is 11.3 Å². The highest BCUT2D eigenvalue weighted by atomic mass is 32.1. The summed E-state index contributed by atoms with van der Waals surface area (Å²) in [5.74, 6) is 1.96. The average Bonchev–Trinajstić information content (AvgIpc) is 3.01. The van der Waals surface area contributed by atoms with Gasteiger partial charge in [0.25, 0.3) is 5.91 Å². The first-order valence-electron chi connectivity index (χ1n) is 7.76. The van der Waals surface area contributed by atoms with E-state index in [1.165, 1.54) is 9.88 Å². The number of carbonyl (C=O) groups is 1. The van der Waals surface area contributed by atoms with Gasteiger partial charge in [-0.25, -0.2) is 4.98 Å². The minimum atomic E-state index is 0.0871. The summed E-state index contributed by atoms with van der Waals surface area (Å²) in [6.07, 6.45) is 2.14. The Hall–Kier alpha value is -1.62. The van der Waals surface area contributed by atoms with E-state index in [-0.39, 0.29) is 5.91 Å². The van der Waals surface area contributed by atoms with Crippen molar-refractivity contribution < 1.29 is 9.21 Å². The minimum absolute atomic E-state index is 0.0871. The van der Waals surface area contributed by atoms with E-state index in [1.807, 2.05) is 24.8 Å². The second-order valence-corrected chi connectivity index (χ2v) is 7.35. The first-order valence-corrected chi connectivity index (χ1v) is 8.57. The smallest absolute Gasteiger partial charge is 0.257 e. The standard InChI is InChI=1S/C17H22N2O2S/c1-10-8-15(12(3)21-10)17(20)19-7-5-6-14(9-19)16-18-11(2)13(4)22-16/h8,14H,5-7,9H2,1-4H3/t14-/m1/s1. The maximum atomic E-state index is 12.7. The number of hydrogen-bond acceptors (Lipinski definition) is 4. The number of hydrogen-bond donors (Lipinski definition) is 0. The summed E-state index contributed by atoms with van der Waals surface area (Å²) in [5, 5.41) is 1.17. The van der Waals surface area contributed by atoms with Gasteiger partial charge in [-0.3, -0.25) is 4.79 Å². The number of thiazole rings is 1. The van der Waals surface area contributed by atoms with Crippen LogP contribution in [0.1, 0.15) is 56.2 Å². The van der Waals surface area contributed by atoms with Crippen LogP contribution in [-0.2, 0) is 0 Å². The van der Waals surface area contributed by atoms with E-state index in [1.54, 1.807) is 11.3 Å². The number of aryl methyl sites for hydroxylation is 4. The Balaban J connectivity index is 1.78. The van der Waals surface area contributed by atoms with Crippen LogP contribution in [0.25, 0.3) is 0 Å². The van der Waals surface area contributed by atoms with Crippen molar-refractivity contribution in [3.05, 3.63) is 38.7 Å². The Morgan fingerprint density at radius 2 is 2.14 bits per heavy atom. The molecule has 3 heterocycles. The number of amides is 1. The molecular weight excluding hydrogens is 296 g/mol. The molecule has 118 valence electrons. The highest BCUT2D eigenvalue weighted by Gasteiger charge is 2.29. The molecule has 5 heteroatoms. The molecule has 2 aromatic heterocycles. The van der Waals surface area contributed by atoms with Crippen molar-refractivity contribution in [3.63, 3.8) is 0 Å². The number of furan rings is 1. The predicted molar refractivity (Wildman–Crippen MR) is 87.6 cm³/mol. The lowest BCUT2D eigenvalue weighted by molar-refractivity contribution is 0.0705. The molecule has 1 aliphatic rings. The molecule has 1 fully saturated rings. The van der Waals surface area contributed by atoms with Crippen LogP contribution >= 0.6 is 11.3 Å². The first-order chi connectivity index (χ1) is 10.5. The Morgan fingerprint density at radius 1 is 1.36 bits per heavy atom. The summed E-state index contributed by atoms with van der Waals surface area (Å²) in [7, 11) is 0. The van der Waals surface area contributed by atoms with E-state index in [2.05, 4.69) is 18.8 Å². The van der Waals surface area contributed by atoms with Gasteiger partial charge in [0.1, 0.15) is 11.5 Å². The van der Waals surface area contributed by atoms with E-state index < -0.39 is 0 Å². The van der Waals surface area contributed by atoms with Crippen LogP contribution < -0.4 is 0 Å². The number of likely N-dealkylation sites (tertiary alicyclic amines) is 1. The molecule has 1 amide bonds. The van der Waals surface area contributed by atoms with Gasteiger partial charge in [-0.1, -0.05) is 0 Å². The van der Waals surface area contributed by atoms with Crippen molar-refractivity contribution in [1.29, 1.82) is 0 Å². The Kier molecular flexibility index (Phi) is 4.08. The van der Waals surface area contributed by atoms with Crippen molar-refractivity contribution in [3.8, 4) is 0 Å². The second-order valence-electron chi connectivity index (χ2n) is 6.11. The van der Waals surface area contributed by atoms with Crippen molar-refractivity contribution in [2.75, 3.05) is 13.1 Å². The molecule has 0 N–H and O–H groups in total. The van der Waals surface area contributed by atoms with Crippen LogP contribution in [0.3, 0.4) is 0 Å². The molecule has 0 spiro atoms. The summed E-state index contributed by atoms with van der Waals surface area (Å²) in [6, 6.07) is 1.85. The Morgan fingerprint density at radius 3 is 2.73 bits per heavy atom. The average molecular weight is 318 g/mol. The molecule has 4 nitrogen and oxygen atoms in total. The van der Waals surface area contributed by atoms with E-state index >= 15 is 0 Å². The Labute approximate surface area is 135 Å². The SMILES string of the molecule is Cc1cc(C(=O)N2CCC[C@@H](c3nc(C)c(C)s3)C2)c(C)o1. The first kappa shape index (κ1) is 15.3. The van der Waals surface area contributed by atoms with Crippen molar-refractivity contribution in [2.45, 2.75) is 46.5 Å². The summed E-state index contributed by atoms with van der Waals surface area (Å²) in [5.41, 5.74) is 1.81. The van der Waals surface area contributed by atoms with Crippen LogP contribution in [-0.4, -0.2) is 28.9 Å². The van der Waals surface area contributed by atoms with E-state index in [4.69, 9.17) is 4.42 Å². The summed E-state index contributed by atoms with van der Waals surface area (Å²) >= 11 is 1.77. The molecule has 1 aliphatic heterocycles. The zero-order chi connectivity index (χ0) is 15.9. The van der Waals surface area contributed by atoms with E-state index in [0.29, 0.717) is 17.2 Å². The van der Waals surface area contributed by atoms with Gasteiger partial charge in [0.05, 0.1) is 16.3 Å². The topological polar surface area (TPSA) is 46.3 Å². The van der Waals surface area contributed by atoms with Crippen LogP contribution in [0.15, 0.2) is 10.5 Å². The number of piperidine rings is 1. The molecule has 0 radical (unpaired) electrons. The Bertz CT molecular complexity index is 682. The molecule has 0 unspecified atom stereocenters. The van der Waals surface area contributed by atoms with Gasteiger partial charge in [0.15, 0.2) is 0 Å². The molecule has 0 aliphatic carbocycles. The maximum absolute atomic E-state index is 12.7.